The van der Waals surface area contributed by atoms with E-state index in [4.69, 9.17) is 38.0 Å². The number of hydrogen-bond donors (Lipinski definition) is 1. The Balaban J connectivity index is 1.63. The third-order valence-corrected chi connectivity index (χ3v) is 6.37. The standard InChI is InChI=1S/C25H24ClN3O5S/c1-32-23-12-16-10-11-28(25(35)27-18-5-3-4-17(26)13-18)22(21(16)14-24(23)33-2)15-34-20-8-6-19(7-9-20)29(30)31/h3-9,12-14,22H,10-11,15H2,1-2H3,(H,27,35). The monoisotopic (exact) mass is 513 g/mol. The third kappa shape index (κ3) is 5.58. The van der Waals surface area contributed by atoms with Crippen molar-refractivity contribution >= 4 is 40.3 Å². The number of thiocarbonyl (C=S) groups is 1. The van der Waals surface area contributed by atoms with Gasteiger partial charge in [0.25, 0.3) is 5.69 Å². The molecule has 182 valence electrons. The number of halogens is 1. The topological polar surface area (TPSA) is 86.1 Å². The number of ether oxygens (including phenoxy) is 3. The summed E-state index contributed by atoms with van der Waals surface area (Å²) >= 11 is 11.9. The zero-order chi connectivity index (χ0) is 24.9. The molecule has 0 saturated carbocycles. The number of non-ortho nitro benzene ring substituents is 1. The van der Waals surface area contributed by atoms with Crippen LogP contribution in [0.15, 0.2) is 60.7 Å². The van der Waals surface area contributed by atoms with E-state index in [1.54, 1.807) is 32.4 Å². The van der Waals surface area contributed by atoms with Gasteiger partial charge in [-0.3, -0.25) is 10.1 Å². The van der Waals surface area contributed by atoms with Crippen molar-refractivity contribution in [2.75, 3.05) is 32.7 Å². The lowest BCUT2D eigenvalue weighted by Crippen LogP contribution is -2.44. The van der Waals surface area contributed by atoms with Crippen LogP contribution in [0.1, 0.15) is 17.2 Å². The molecule has 1 aliphatic heterocycles. The predicted octanol–water partition coefficient (Wildman–Crippen LogP) is 5.64. The Hall–Kier alpha value is -3.56. The van der Waals surface area contributed by atoms with Crippen molar-refractivity contribution in [2.45, 2.75) is 12.5 Å². The molecule has 0 amide bonds. The van der Waals surface area contributed by atoms with Crippen LogP contribution in [0.5, 0.6) is 17.2 Å². The van der Waals surface area contributed by atoms with E-state index in [-0.39, 0.29) is 18.3 Å². The van der Waals surface area contributed by atoms with Gasteiger partial charge in [0.1, 0.15) is 12.4 Å². The van der Waals surface area contributed by atoms with Crippen molar-refractivity contribution in [1.29, 1.82) is 0 Å². The molecule has 0 aliphatic carbocycles. The van der Waals surface area contributed by atoms with Gasteiger partial charge in [0.05, 0.1) is 25.2 Å². The number of methoxy groups -OCH3 is 2. The van der Waals surface area contributed by atoms with Crippen molar-refractivity contribution in [3.8, 4) is 17.2 Å². The molecule has 1 heterocycles. The highest BCUT2D eigenvalue weighted by Gasteiger charge is 2.31. The summed E-state index contributed by atoms with van der Waals surface area (Å²) in [6, 6.07) is 17.1. The van der Waals surface area contributed by atoms with Crippen molar-refractivity contribution in [2.24, 2.45) is 0 Å². The first-order chi connectivity index (χ1) is 16.9. The number of benzene rings is 3. The summed E-state index contributed by atoms with van der Waals surface area (Å²) in [5, 5.41) is 15.4. The number of nitrogens with zero attached hydrogens (tertiary/aromatic N) is 2. The number of anilines is 1. The Labute approximate surface area is 213 Å². The Morgan fingerprint density at radius 1 is 1.14 bits per heavy atom. The van der Waals surface area contributed by atoms with Crippen LogP contribution in [-0.2, 0) is 6.42 Å². The number of nitro benzene ring substituents is 1. The number of fused-ring (bicyclic) bond motifs is 1. The highest BCUT2D eigenvalue weighted by atomic mass is 35.5. The summed E-state index contributed by atoms with van der Waals surface area (Å²) in [5.74, 6) is 1.80. The van der Waals surface area contributed by atoms with E-state index in [2.05, 4.69) is 10.2 Å². The van der Waals surface area contributed by atoms with E-state index in [1.165, 1.54) is 12.1 Å². The molecule has 1 unspecified atom stereocenters. The lowest BCUT2D eigenvalue weighted by atomic mass is 9.92. The fourth-order valence-corrected chi connectivity index (χ4v) is 4.58. The maximum absolute atomic E-state index is 11.0. The van der Waals surface area contributed by atoms with Gasteiger partial charge in [0, 0.05) is 29.4 Å². The molecule has 35 heavy (non-hydrogen) atoms. The number of nitrogens with one attached hydrogen (secondary N) is 1. The van der Waals surface area contributed by atoms with Gasteiger partial charge in [-0.05, 0) is 72.2 Å². The molecular formula is C25H24ClN3O5S. The fraction of sp³-hybridized carbons (Fsp3) is 0.240. The van der Waals surface area contributed by atoms with Crippen LogP contribution in [0.4, 0.5) is 11.4 Å². The zero-order valence-corrected chi connectivity index (χ0v) is 20.8. The van der Waals surface area contributed by atoms with E-state index in [0.29, 0.717) is 33.9 Å². The largest absolute Gasteiger partial charge is 0.493 e. The van der Waals surface area contributed by atoms with E-state index >= 15 is 0 Å². The second kappa shape index (κ2) is 10.8. The van der Waals surface area contributed by atoms with Crippen LogP contribution < -0.4 is 19.5 Å². The molecule has 3 aromatic carbocycles. The minimum Gasteiger partial charge on any atom is -0.493 e. The summed E-state index contributed by atoms with van der Waals surface area (Å²) in [7, 11) is 3.21. The minimum atomic E-state index is -0.442. The molecule has 0 aromatic heterocycles. The van der Waals surface area contributed by atoms with Gasteiger partial charge in [-0.1, -0.05) is 17.7 Å². The fourth-order valence-electron chi connectivity index (χ4n) is 4.05. The summed E-state index contributed by atoms with van der Waals surface area (Å²) < 4.78 is 17.1. The summed E-state index contributed by atoms with van der Waals surface area (Å²) in [4.78, 5) is 12.6. The molecule has 10 heteroatoms. The van der Waals surface area contributed by atoms with Crippen molar-refractivity contribution in [3.63, 3.8) is 0 Å². The van der Waals surface area contributed by atoms with Crippen molar-refractivity contribution < 1.29 is 19.1 Å². The van der Waals surface area contributed by atoms with Gasteiger partial charge in [-0.15, -0.1) is 0 Å². The first kappa shape index (κ1) is 24.6. The lowest BCUT2D eigenvalue weighted by Gasteiger charge is -2.39. The van der Waals surface area contributed by atoms with Crippen molar-refractivity contribution in [1.82, 2.24) is 4.90 Å². The summed E-state index contributed by atoms with van der Waals surface area (Å²) in [6.07, 6.45) is 0.751. The molecule has 1 aliphatic rings. The average molecular weight is 514 g/mol. The van der Waals surface area contributed by atoms with Crippen LogP contribution in [-0.4, -0.2) is 42.3 Å². The first-order valence-electron chi connectivity index (χ1n) is 10.8. The molecule has 3 aromatic rings. The van der Waals surface area contributed by atoms with Crippen LogP contribution in [0.25, 0.3) is 0 Å². The second-order valence-electron chi connectivity index (χ2n) is 7.87. The normalized spacial score (nSPS) is 14.6. The quantitative estimate of drug-likeness (QED) is 0.247. The number of rotatable bonds is 7. The molecule has 8 nitrogen and oxygen atoms in total. The van der Waals surface area contributed by atoms with Crippen LogP contribution in [0.2, 0.25) is 5.02 Å². The van der Waals surface area contributed by atoms with E-state index in [0.717, 1.165) is 23.2 Å². The summed E-state index contributed by atoms with van der Waals surface area (Å²) in [6.45, 7) is 0.917. The third-order valence-electron chi connectivity index (χ3n) is 5.79. The predicted molar refractivity (Wildman–Crippen MR) is 139 cm³/mol. The van der Waals surface area contributed by atoms with Crippen molar-refractivity contribution in [3.05, 3.63) is 86.9 Å². The van der Waals surface area contributed by atoms with Crippen LogP contribution >= 0.6 is 23.8 Å². The number of hydrogen-bond acceptors (Lipinski definition) is 6. The molecule has 0 fully saturated rings. The molecule has 1 atom stereocenters. The second-order valence-corrected chi connectivity index (χ2v) is 8.69. The first-order valence-corrected chi connectivity index (χ1v) is 11.6. The molecule has 0 saturated heterocycles. The van der Waals surface area contributed by atoms with Gasteiger partial charge >= 0.3 is 0 Å². The molecular weight excluding hydrogens is 490 g/mol. The molecule has 0 radical (unpaired) electrons. The van der Waals surface area contributed by atoms with Crippen LogP contribution in [0, 0.1) is 10.1 Å². The number of nitro groups is 1. The van der Waals surface area contributed by atoms with Gasteiger partial charge in [0.2, 0.25) is 0 Å². The Kier molecular flexibility index (Phi) is 7.57. The van der Waals surface area contributed by atoms with E-state index in [9.17, 15) is 10.1 Å². The van der Waals surface area contributed by atoms with Gasteiger partial charge in [-0.25, -0.2) is 0 Å². The SMILES string of the molecule is COc1cc2c(cc1OC)C(COc1ccc([N+](=O)[O-])cc1)N(C(=S)Nc1cccc(Cl)c1)CC2. The molecule has 4 rings (SSSR count). The smallest absolute Gasteiger partial charge is 0.269 e. The maximum atomic E-state index is 11.0. The van der Waals surface area contributed by atoms with Gasteiger partial charge < -0.3 is 24.4 Å². The Morgan fingerprint density at radius 2 is 1.86 bits per heavy atom. The zero-order valence-electron chi connectivity index (χ0n) is 19.2. The molecule has 0 bridgehead atoms. The molecule has 1 N–H and O–H groups in total. The van der Waals surface area contributed by atoms with E-state index in [1.807, 2.05) is 30.3 Å². The average Bonchev–Trinajstić information content (AvgIpc) is 2.86. The Bertz CT molecular complexity index is 1240. The summed E-state index contributed by atoms with van der Waals surface area (Å²) in [5.41, 5.74) is 2.91. The Morgan fingerprint density at radius 3 is 2.51 bits per heavy atom. The van der Waals surface area contributed by atoms with Gasteiger partial charge in [-0.2, -0.15) is 0 Å². The van der Waals surface area contributed by atoms with Crippen LogP contribution in [0.3, 0.4) is 0 Å². The van der Waals surface area contributed by atoms with Gasteiger partial charge in [0.15, 0.2) is 16.6 Å². The highest BCUT2D eigenvalue weighted by molar-refractivity contribution is 7.80. The maximum Gasteiger partial charge on any atom is 0.269 e. The highest BCUT2D eigenvalue weighted by Crippen LogP contribution is 2.39. The molecule has 0 spiro atoms. The lowest BCUT2D eigenvalue weighted by molar-refractivity contribution is -0.384. The minimum absolute atomic E-state index is 0.00530. The van der Waals surface area contributed by atoms with E-state index < -0.39 is 4.92 Å².